The number of H-pyrrole nitrogens is 2. The summed E-state index contributed by atoms with van der Waals surface area (Å²) in [4.78, 5) is 85.8. The van der Waals surface area contributed by atoms with Crippen molar-refractivity contribution in [3.8, 4) is 0 Å². The molecule has 408 valence electrons. The van der Waals surface area contributed by atoms with E-state index in [9.17, 15) is 19.2 Å². The zero-order chi connectivity index (χ0) is 54.4. The van der Waals surface area contributed by atoms with Gasteiger partial charge in [0.05, 0.1) is 60.5 Å². The number of fused-ring (bicyclic) bond motifs is 2. The number of imidazole rings is 2. The minimum absolute atomic E-state index is 0.0722. The van der Waals surface area contributed by atoms with E-state index < -0.39 is 71.7 Å². The molecule has 0 saturated carbocycles. The summed E-state index contributed by atoms with van der Waals surface area (Å²) < 4.78 is 77.1. The van der Waals surface area contributed by atoms with Crippen LogP contribution in [0.4, 0.5) is 44.5 Å². The molecule has 77 heavy (non-hydrogen) atoms. The molecule has 4 amide bonds. The number of hydrogen-bond acceptors (Lipinski definition) is 13. The summed E-state index contributed by atoms with van der Waals surface area (Å²) in [5, 5.41) is 5.30. The maximum Gasteiger partial charge on any atom is 0.407 e. The van der Waals surface area contributed by atoms with Gasteiger partial charge in [-0.25, -0.2) is 47.1 Å². The van der Waals surface area contributed by atoms with Gasteiger partial charge in [0.25, 0.3) is 0 Å². The lowest BCUT2D eigenvalue weighted by Crippen LogP contribution is -2.51. The van der Waals surface area contributed by atoms with Crippen molar-refractivity contribution in [2.24, 2.45) is 11.8 Å². The molecule has 4 saturated heterocycles. The number of piperazine rings is 1. The summed E-state index contributed by atoms with van der Waals surface area (Å²) in [6.07, 6.45) is 4.75. The molecule has 6 atom stereocenters. The Hall–Kier alpha value is -7.72. The molecule has 4 aliphatic heterocycles. The number of aromatic nitrogens is 6. The molecule has 0 spiro atoms. The van der Waals surface area contributed by atoms with Crippen molar-refractivity contribution in [3.63, 3.8) is 0 Å². The van der Waals surface area contributed by atoms with E-state index >= 15 is 17.6 Å². The van der Waals surface area contributed by atoms with Gasteiger partial charge in [-0.3, -0.25) is 9.59 Å². The first kappa shape index (κ1) is 52.7. The highest BCUT2D eigenvalue weighted by Crippen LogP contribution is 2.50. The largest absolute Gasteiger partial charge is 0.453 e. The van der Waals surface area contributed by atoms with Crippen LogP contribution in [0.2, 0.25) is 0 Å². The van der Waals surface area contributed by atoms with Gasteiger partial charge >= 0.3 is 12.2 Å². The zero-order valence-corrected chi connectivity index (χ0v) is 43.8. The van der Waals surface area contributed by atoms with Crippen molar-refractivity contribution in [1.82, 2.24) is 50.3 Å². The van der Waals surface area contributed by atoms with E-state index in [0.717, 1.165) is 0 Å². The van der Waals surface area contributed by atoms with Crippen LogP contribution in [0.25, 0.3) is 22.1 Å². The SMILES string of the molecule is COC(=O)N[C@H](C(=O)N1CCC[C@H]1c1nc2cc(F)c([C@H]3CC[C@H](c4cc5[nH]c([C@@H]6CCCN6C(=O)[C@@H](NC(=O)OC)C(C)C)nc5cc4F)N3c3cc(F)c(N4CCN(c5ncccn5)CC4)c(F)c3)cc2[nH]1)C(C)C. The molecule has 0 unspecified atom stereocenters. The molecule has 4 aliphatic rings. The third-order valence-electron chi connectivity index (χ3n) is 15.6. The van der Waals surface area contributed by atoms with Crippen LogP contribution in [-0.4, -0.2) is 129 Å². The summed E-state index contributed by atoms with van der Waals surface area (Å²) in [6.45, 7) is 9.48. The van der Waals surface area contributed by atoms with Crippen LogP contribution in [-0.2, 0) is 19.1 Å². The maximum atomic E-state index is 16.9. The Bertz CT molecular complexity index is 3010. The van der Waals surface area contributed by atoms with Gasteiger partial charge in [-0.1, -0.05) is 27.7 Å². The van der Waals surface area contributed by atoms with Gasteiger partial charge < -0.3 is 54.6 Å². The molecule has 0 bridgehead atoms. The number of aromatic amines is 2. The molecule has 23 heteroatoms. The van der Waals surface area contributed by atoms with Crippen molar-refractivity contribution in [3.05, 3.63) is 101 Å². The second-order valence-corrected chi connectivity index (χ2v) is 20.9. The number of nitrogens with zero attached hydrogens (tertiary/aromatic N) is 9. The monoisotopic (exact) mass is 1070 g/mol. The van der Waals surface area contributed by atoms with Crippen molar-refractivity contribution >= 4 is 63.4 Å². The molecule has 0 aliphatic carbocycles. The fraction of sp³-hybridized carbons (Fsp3) is 0.481. The smallest absolute Gasteiger partial charge is 0.407 e. The first-order valence-corrected chi connectivity index (χ1v) is 26.3. The predicted octanol–water partition coefficient (Wildman–Crippen LogP) is 8.28. The van der Waals surface area contributed by atoms with Crippen LogP contribution in [0.1, 0.15) is 113 Å². The average Bonchev–Trinajstić information content (AvgIpc) is 4.36. The summed E-state index contributed by atoms with van der Waals surface area (Å²) in [7, 11) is 2.45. The number of amides is 4. The third-order valence-corrected chi connectivity index (χ3v) is 15.6. The Kier molecular flexibility index (Phi) is 14.9. The van der Waals surface area contributed by atoms with Crippen molar-refractivity contribution in [2.75, 3.05) is 68.2 Å². The first-order chi connectivity index (χ1) is 37.0. The number of halogens is 4. The number of rotatable bonds is 13. The first-order valence-electron chi connectivity index (χ1n) is 26.3. The van der Waals surface area contributed by atoms with Crippen molar-refractivity contribution in [1.29, 1.82) is 0 Å². The number of nitrogens with one attached hydrogen (secondary N) is 4. The molecule has 3 aromatic carbocycles. The van der Waals surface area contributed by atoms with Crippen LogP contribution >= 0.6 is 0 Å². The average molecular weight is 1070 g/mol. The van der Waals surface area contributed by atoms with Gasteiger partial charge in [-0.15, -0.1) is 0 Å². The number of carbonyl (C=O) groups is 4. The van der Waals surface area contributed by atoms with Crippen LogP contribution in [0.15, 0.2) is 54.9 Å². The van der Waals surface area contributed by atoms with Crippen LogP contribution in [0.5, 0.6) is 0 Å². The molecule has 3 aromatic heterocycles. The standard InChI is InChI=1S/C54H63F4N13O6/c1-28(2)45(65-53(74)76-5)50(72)69-16-7-10-43(69)48-61-37-24-31(33(55)26-39(37)63-48)41-12-13-42(71(41)30-22-35(57)47(36(58)23-30)67-18-20-68(21-19-67)52-59-14-9-15-60-52)32-25-38-40(27-34(32)56)64-49(62-38)44-11-8-17-70(44)51(73)46(29(3)4)66-54(75)77-6/h9,14-15,22-29,41-46H,7-8,10-13,16-21H2,1-6H3,(H,61,63)(H,62,64)(H,65,74)(H,66,75)/t41-,42-,43+,44+,45+,46+/m1/s1. The van der Waals surface area contributed by atoms with Gasteiger partial charge in [0.15, 0.2) is 11.6 Å². The number of methoxy groups -OCH3 is 2. The van der Waals surface area contributed by atoms with Crippen molar-refractivity contribution < 1.29 is 46.2 Å². The molecule has 4 fully saturated rings. The Balaban J connectivity index is 0.994. The molecule has 10 rings (SSSR count). The van der Waals surface area contributed by atoms with Crippen LogP contribution < -0.4 is 25.3 Å². The zero-order valence-electron chi connectivity index (χ0n) is 43.8. The maximum absolute atomic E-state index is 16.9. The number of benzene rings is 3. The van der Waals surface area contributed by atoms with E-state index in [2.05, 4.69) is 30.6 Å². The van der Waals surface area contributed by atoms with E-state index in [4.69, 9.17) is 19.4 Å². The Morgan fingerprint density at radius 3 is 1.45 bits per heavy atom. The topological polar surface area (TPSA) is 210 Å². The second-order valence-electron chi connectivity index (χ2n) is 20.9. The second kappa shape index (κ2) is 21.7. The predicted molar refractivity (Wildman–Crippen MR) is 278 cm³/mol. The Morgan fingerprint density at radius 2 is 1.03 bits per heavy atom. The normalized spacial score (nSPS) is 20.7. The molecular formula is C54H63F4N13O6. The lowest BCUT2D eigenvalue weighted by molar-refractivity contribution is -0.136. The Labute approximate surface area is 442 Å². The van der Waals surface area contributed by atoms with Gasteiger partial charge in [-0.2, -0.15) is 0 Å². The van der Waals surface area contributed by atoms with Crippen molar-refractivity contribution in [2.45, 2.75) is 102 Å². The van der Waals surface area contributed by atoms with Gasteiger partial charge in [0, 0.05) is 80.6 Å². The van der Waals surface area contributed by atoms with E-state index in [0.29, 0.717) is 91.5 Å². The number of carbonyl (C=O) groups excluding carboxylic acids is 4. The van der Waals surface area contributed by atoms with Crippen LogP contribution in [0.3, 0.4) is 0 Å². The van der Waals surface area contributed by atoms with E-state index in [1.54, 1.807) is 50.2 Å². The quantitative estimate of drug-likeness (QED) is 0.0804. The molecule has 19 nitrogen and oxygen atoms in total. The molecular weight excluding hydrogens is 1000 g/mol. The lowest BCUT2D eigenvalue weighted by atomic mass is 10.0. The van der Waals surface area contributed by atoms with Gasteiger partial charge in [0.2, 0.25) is 17.8 Å². The Morgan fingerprint density at radius 1 is 0.584 bits per heavy atom. The molecule has 0 radical (unpaired) electrons. The number of anilines is 3. The summed E-state index contributed by atoms with van der Waals surface area (Å²) in [6, 6.07) is 5.51. The molecule has 4 N–H and O–H groups in total. The highest BCUT2D eigenvalue weighted by molar-refractivity contribution is 5.88. The summed E-state index contributed by atoms with van der Waals surface area (Å²) in [5.74, 6) is -2.72. The van der Waals surface area contributed by atoms with Gasteiger partial charge in [-0.05, 0) is 80.7 Å². The van der Waals surface area contributed by atoms with E-state index in [1.807, 2.05) is 32.6 Å². The van der Waals surface area contributed by atoms with Gasteiger partial charge in [0.1, 0.15) is 41.1 Å². The minimum Gasteiger partial charge on any atom is -0.453 e. The minimum atomic E-state index is -0.867. The lowest BCUT2D eigenvalue weighted by Gasteiger charge is -2.37. The number of ether oxygens (including phenoxy) is 2. The molecule has 7 heterocycles. The highest BCUT2D eigenvalue weighted by Gasteiger charge is 2.42. The number of alkyl carbamates (subject to hydrolysis) is 2. The van der Waals surface area contributed by atoms with E-state index in [1.165, 1.54) is 38.5 Å². The number of likely N-dealkylation sites (tertiary alicyclic amines) is 2. The highest BCUT2D eigenvalue weighted by atomic mass is 19.1. The van der Waals surface area contributed by atoms with Crippen LogP contribution in [0, 0.1) is 35.1 Å². The number of hydrogen-bond donors (Lipinski definition) is 4. The summed E-state index contributed by atoms with van der Waals surface area (Å²) in [5.41, 5.74) is 1.72. The fourth-order valence-corrected chi connectivity index (χ4v) is 11.7. The molecule has 6 aromatic rings. The van der Waals surface area contributed by atoms with E-state index in [-0.39, 0.29) is 72.1 Å². The summed E-state index contributed by atoms with van der Waals surface area (Å²) >= 11 is 0. The third kappa shape index (κ3) is 10.2. The fourth-order valence-electron chi connectivity index (χ4n) is 11.7.